The van der Waals surface area contributed by atoms with Crippen molar-refractivity contribution in [3.05, 3.63) is 33.2 Å². The molecular formula is C12H12BrNOS. The van der Waals surface area contributed by atoms with E-state index in [9.17, 15) is 0 Å². The monoisotopic (exact) mass is 297 g/mol. The largest absolute Gasteiger partial charge is 0.496 e. The first kappa shape index (κ1) is 11.6. The van der Waals surface area contributed by atoms with Crippen LogP contribution in [-0.2, 0) is 0 Å². The van der Waals surface area contributed by atoms with Gasteiger partial charge in [0.05, 0.1) is 12.7 Å². The predicted molar refractivity (Wildman–Crippen MR) is 71.3 cm³/mol. The lowest BCUT2D eigenvalue weighted by molar-refractivity contribution is 0.416. The molecule has 4 heteroatoms. The fourth-order valence-electron chi connectivity index (χ4n) is 1.73. The smallest absolute Gasteiger partial charge is 0.129 e. The van der Waals surface area contributed by atoms with Gasteiger partial charge in [-0.2, -0.15) is 0 Å². The van der Waals surface area contributed by atoms with E-state index in [0.29, 0.717) is 0 Å². The van der Waals surface area contributed by atoms with Crippen LogP contribution in [0.4, 0.5) is 0 Å². The molecule has 0 fully saturated rings. The van der Waals surface area contributed by atoms with E-state index in [1.54, 1.807) is 18.4 Å². The van der Waals surface area contributed by atoms with E-state index in [1.165, 1.54) is 11.1 Å². The van der Waals surface area contributed by atoms with E-state index in [1.807, 2.05) is 11.4 Å². The van der Waals surface area contributed by atoms with Gasteiger partial charge in [-0.05, 0) is 47.0 Å². The van der Waals surface area contributed by atoms with Crippen molar-refractivity contribution in [1.29, 1.82) is 0 Å². The van der Waals surface area contributed by atoms with Gasteiger partial charge in [0.1, 0.15) is 15.4 Å². The third kappa shape index (κ3) is 2.13. The number of methoxy groups -OCH3 is 1. The first-order valence-corrected chi connectivity index (χ1v) is 6.55. The lowest BCUT2D eigenvalue weighted by Crippen LogP contribution is -1.92. The average molecular weight is 298 g/mol. The van der Waals surface area contributed by atoms with Gasteiger partial charge in [0, 0.05) is 5.38 Å². The van der Waals surface area contributed by atoms with Crippen LogP contribution in [0.25, 0.3) is 10.6 Å². The molecule has 2 nitrogen and oxygen atoms in total. The number of hydrogen-bond acceptors (Lipinski definition) is 3. The van der Waals surface area contributed by atoms with Crippen LogP contribution in [0.5, 0.6) is 5.75 Å². The number of nitrogens with zero attached hydrogens (tertiary/aromatic N) is 1. The number of rotatable bonds is 2. The number of hydrogen-bond donors (Lipinski definition) is 0. The number of benzene rings is 1. The van der Waals surface area contributed by atoms with Crippen LogP contribution >= 0.6 is 27.3 Å². The summed E-state index contributed by atoms with van der Waals surface area (Å²) in [6.45, 7) is 4.15. The topological polar surface area (TPSA) is 22.1 Å². The fourth-order valence-corrected chi connectivity index (χ4v) is 3.10. The molecule has 0 spiro atoms. The molecule has 2 rings (SSSR count). The Morgan fingerprint density at radius 2 is 2.06 bits per heavy atom. The van der Waals surface area contributed by atoms with Gasteiger partial charge in [0.25, 0.3) is 0 Å². The van der Waals surface area contributed by atoms with Crippen molar-refractivity contribution in [1.82, 2.24) is 4.98 Å². The Bertz CT molecular complexity index is 522. The normalized spacial score (nSPS) is 10.5. The lowest BCUT2D eigenvalue weighted by atomic mass is 10.0. The zero-order chi connectivity index (χ0) is 11.7. The molecule has 0 aliphatic rings. The van der Waals surface area contributed by atoms with Crippen LogP contribution < -0.4 is 4.74 Å². The van der Waals surface area contributed by atoms with Gasteiger partial charge in [-0.1, -0.05) is 6.07 Å². The van der Waals surface area contributed by atoms with Crippen molar-refractivity contribution >= 4 is 27.3 Å². The first-order valence-electron chi connectivity index (χ1n) is 4.88. The van der Waals surface area contributed by atoms with Gasteiger partial charge in [0.15, 0.2) is 0 Å². The number of aryl methyl sites for hydroxylation is 2. The molecule has 0 atom stereocenters. The zero-order valence-corrected chi connectivity index (χ0v) is 11.8. The van der Waals surface area contributed by atoms with Crippen LogP contribution in [0.15, 0.2) is 22.1 Å². The highest BCUT2D eigenvalue weighted by atomic mass is 79.9. The Hall–Kier alpha value is -0.870. The number of halogens is 1. The van der Waals surface area contributed by atoms with Crippen molar-refractivity contribution in [2.75, 3.05) is 7.11 Å². The van der Waals surface area contributed by atoms with Crippen LogP contribution in [0.2, 0.25) is 0 Å². The third-order valence-corrected chi connectivity index (χ3v) is 3.92. The van der Waals surface area contributed by atoms with Crippen LogP contribution in [0, 0.1) is 13.8 Å². The van der Waals surface area contributed by atoms with Gasteiger partial charge in [-0.15, -0.1) is 11.3 Å². The maximum atomic E-state index is 5.42. The maximum Gasteiger partial charge on any atom is 0.129 e. The van der Waals surface area contributed by atoms with Crippen LogP contribution in [-0.4, -0.2) is 12.1 Å². The number of thiazole rings is 1. The second kappa shape index (κ2) is 4.55. The summed E-state index contributed by atoms with van der Waals surface area (Å²) in [6.07, 6.45) is 0. The summed E-state index contributed by atoms with van der Waals surface area (Å²) < 4.78 is 6.29. The summed E-state index contributed by atoms with van der Waals surface area (Å²) in [5.74, 6) is 0.888. The summed E-state index contributed by atoms with van der Waals surface area (Å²) in [7, 11) is 1.69. The van der Waals surface area contributed by atoms with E-state index in [2.05, 4.69) is 40.8 Å². The summed E-state index contributed by atoms with van der Waals surface area (Å²) >= 11 is 4.99. The second-order valence-electron chi connectivity index (χ2n) is 3.63. The standard InChI is InChI=1S/C12H12BrNOS/c1-7-4-8(2)11(9(5-7)15-3)12-14-10(13)6-16-12/h4-6H,1-3H3. The SMILES string of the molecule is COc1cc(C)cc(C)c1-c1nc(Br)cs1. The Balaban J connectivity index is 2.63. The Labute approximate surface area is 107 Å². The summed E-state index contributed by atoms with van der Waals surface area (Å²) in [5, 5.41) is 2.97. The van der Waals surface area contributed by atoms with Crippen molar-refractivity contribution in [3.8, 4) is 16.3 Å². The van der Waals surface area contributed by atoms with E-state index in [-0.39, 0.29) is 0 Å². The molecule has 0 aliphatic heterocycles. The van der Waals surface area contributed by atoms with E-state index in [4.69, 9.17) is 4.74 Å². The van der Waals surface area contributed by atoms with Gasteiger partial charge < -0.3 is 4.74 Å². The van der Waals surface area contributed by atoms with E-state index >= 15 is 0 Å². The second-order valence-corrected chi connectivity index (χ2v) is 5.31. The summed E-state index contributed by atoms with van der Waals surface area (Å²) in [5.41, 5.74) is 3.48. The summed E-state index contributed by atoms with van der Waals surface area (Å²) in [6, 6.07) is 4.19. The molecule has 1 aromatic carbocycles. The molecule has 1 aromatic heterocycles. The molecule has 0 saturated carbocycles. The maximum absolute atomic E-state index is 5.42. The Kier molecular flexibility index (Phi) is 3.30. The lowest BCUT2D eigenvalue weighted by Gasteiger charge is -2.10. The summed E-state index contributed by atoms with van der Waals surface area (Å²) in [4.78, 5) is 4.44. The van der Waals surface area contributed by atoms with Crippen molar-refractivity contribution in [2.24, 2.45) is 0 Å². The quantitative estimate of drug-likeness (QED) is 0.829. The van der Waals surface area contributed by atoms with E-state index in [0.717, 1.165) is 20.9 Å². The van der Waals surface area contributed by atoms with Gasteiger partial charge >= 0.3 is 0 Å². The highest BCUT2D eigenvalue weighted by Crippen LogP contribution is 2.36. The third-order valence-electron chi connectivity index (χ3n) is 2.35. The van der Waals surface area contributed by atoms with Crippen molar-refractivity contribution < 1.29 is 4.74 Å². The van der Waals surface area contributed by atoms with Crippen LogP contribution in [0.1, 0.15) is 11.1 Å². The average Bonchev–Trinajstić information content (AvgIpc) is 2.63. The van der Waals surface area contributed by atoms with Gasteiger partial charge in [0.2, 0.25) is 0 Å². The van der Waals surface area contributed by atoms with E-state index < -0.39 is 0 Å². The molecule has 84 valence electrons. The molecule has 0 bridgehead atoms. The molecule has 0 saturated heterocycles. The molecule has 0 amide bonds. The zero-order valence-electron chi connectivity index (χ0n) is 9.37. The molecule has 0 unspecified atom stereocenters. The van der Waals surface area contributed by atoms with Crippen molar-refractivity contribution in [2.45, 2.75) is 13.8 Å². The number of ether oxygens (including phenoxy) is 1. The minimum atomic E-state index is 0.870. The highest BCUT2D eigenvalue weighted by Gasteiger charge is 2.13. The highest BCUT2D eigenvalue weighted by molar-refractivity contribution is 9.10. The minimum Gasteiger partial charge on any atom is -0.496 e. The van der Waals surface area contributed by atoms with Crippen molar-refractivity contribution in [3.63, 3.8) is 0 Å². The molecule has 1 heterocycles. The number of aromatic nitrogens is 1. The van der Waals surface area contributed by atoms with Gasteiger partial charge in [-0.3, -0.25) is 0 Å². The molecule has 16 heavy (non-hydrogen) atoms. The minimum absolute atomic E-state index is 0.870. The molecule has 2 aromatic rings. The molecule has 0 radical (unpaired) electrons. The predicted octanol–water partition coefficient (Wildman–Crippen LogP) is 4.20. The molecule has 0 N–H and O–H groups in total. The Morgan fingerprint density at radius 3 is 2.62 bits per heavy atom. The molecule has 0 aliphatic carbocycles. The van der Waals surface area contributed by atoms with Crippen LogP contribution in [0.3, 0.4) is 0 Å². The van der Waals surface area contributed by atoms with Gasteiger partial charge in [-0.25, -0.2) is 4.98 Å². The Morgan fingerprint density at radius 1 is 1.31 bits per heavy atom. The fraction of sp³-hybridized carbons (Fsp3) is 0.250. The first-order chi connectivity index (χ1) is 7.61. The molecular weight excluding hydrogens is 286 g/mol.